The summed E-state index contributed by atoms with van der Waals surface area (Å²) >= 11 is 1.25. The van der Waals surface area contributed by atoms with Crippen LogP contribution in [0.5, 0.6) is 5.75 Å². The van der Waals surface area contributed by atoms with Gasteiger partial charge in [-0.1, -0.05) is 60.2 Å². The summed E-state index contributed by atoms with van der Waals surface area (Å²) in [5.74, 6) is 0.600. The summed E-state index contributed by atoms with van der Waals surface area (Å²) in [5.41, 5.74) is 6.67. The van der Waals surface area contributed by atoms with Crippen LogP contribution in [0.1, 0.15) is 40.4 Å². The zero-order valence-electron chi connectivity index (χ0n) is 25.9. The van der Waals surface area contributed by atoms with Crippen molar-refractivity contribution >= 4 is 29.3 Å². The molecule has 0 radical (unpaired) electrons. The quantitative estimate of drug-likeness (QED) is 0.239. The Balaban J connectivity index is 1.32. The number of thioether (sulfide) groups is 1. The first kappa shape index (κ1) is 31.7. The second-order valence-electron chi connectivity index (χ2n) is 11.0. The maximum Gasteiger partial charge on any atom is 0.295 e. The third-order valence-electron chi connectivity index (χ3n) is 7.46. The number of amides is 2. The van der Waals surface area contributed by atoms with Crippen molar-refractivity contribution in [3.63, 3.8) is 0 Å². The number of carbonyl (C=O) groups excluding carboxylic acids is 2. The molecule has 8 nitrogen and oxygen atoms in total. The number of aryl methyl sites for hydroxylation is 3. The monoisotopic (exact) mass is 600 g/mol. The normalized spacial score (nSPS) is 11.7. The van der Waals surface area contributed by atoms with Gasteiger partial charge in [-0.3, -0.25) is 19.1 Å². The van der Waals surface area contributed by atoms with Crippen molar-refractivity contribution in [2.75, 3.05) is 18.1 Å². The fourth-order valence-corrected chi connectivity index (χ4v) is 5.82. The van der Waals surface area contributed by atoms with Crippen molar-refractivity contribution in [3.05, 3.63) is 111 Å². The first-order valence-electron chi connectivity index (χ1n) is 14.2. The number of ether oxygens (including phenoxy) is 1. The summed E-state index contributed by atoms with van der Waals surface area (Å²) in [6.45, 7) is 10.6. The minimum atomic E-state index is -0.532. The molecule has 0 saturated heterocycles. The molecule has 4 aromatic rings. The molecule has 1 N–H and O–H groups in total. The number of hydrogen-bond acceptors (Lipinski definition) is 5. The fourth-order valence-electron chi connectivity index (χ4n) is 5.00. The zero-order chi connectivity index (χ0) is 31.3. The standard InChI is InChI=1S/C34H40N4O4S/c1-22-12-11-13-27(16-22)20-42-32-23(2)17-28(18-24(32)3)19-36(6)30(39)21-43-26(5)33(40)35-31-25(4)37(7)38(34(31)41)29-14-9-8-10-15-29/h8-18,26H,19-21H2,1-7H3,(H,35,40). The van der Waals surface area contributed by atoms with Crippen LogP contribution in [0.25, 0.3) is 5.69 Å². The lowest BCUT2D eigenvalue weighted by atomic mass is 10.1. The largest absolute Gasteiger partial charge is 0.488 e. The van der Waals surface area contributed by atoms with Crippen LogP contribution in [0.2, 0.25) is 0 Å². The lowest BCUT2D eigenvalue weighted by molar-refractivity contribution is -0.127. The van der Waals surface area contributed by atoms with E-state index in [9.17, 15) is 14.4 Å². The summed E-state index contributed by atoms with van der Waals surface area (Å²) in [4.78, 5) is 40.7. The fraction of sp³-hybridized carbons (Fsp3) is 0.324. The third-order valence-corrected chi connectivity index (χ3v) is 8.59. The van der Waals surface area contributed by atoms with E-state index in [0.29, 0.717) is 24.5 Å². The van der Waals surface area contributed by atoms with Crippen LogP contribution in [0, 0.1) is 27.7 Å². The zero-order valence-corrected chi connectivity index (χ0v) is 26.7. The Bertz CT molecular complexity index is 1650. The summed E-state index contributed by atoms with van der Waals surface area (Å²) in [6, 6.07) is 21.6. The van der Waals surface area contributed by atoms with Gasteiger partial charge >= 0.3 is 0 Å². The van der Waals surface area contributed by atoms with E-state index in [1.807, 2.05) is 50.2 Å². The van der Waals surface area contributed by atoms with E-state index in [1.165, 1.54) is 22.0 Å². The Kier molecular flexibility index (Phi) is 10.2. The average molecular weight is 601 g/mol. The molecule has 3 aromatic carbocycles. The number of para-hydroxylation sites is 1. The third kappa shape index (κ3) is 7.59. The first-order valence-corrected chi connectivity index (χ1v) is 15.3. The van der Waals surface area contributed by atoms with Gasteiger partial charge in [-0.15, -0.1) is 11.8 Å². The molecule has 0 aliphatic heterocycles. The second-order valence-corrected chi connectivity index (χ2v) is 12.3. The van der Waals surface area contributed by atoms with Gasteiger partial charge in [0.25, 0.3) is 5.56 Å². The summed E-state index contributed by atoms with van der Waals surface area (Å²) in [7, 11) is 3.54. The molecule has 0 bridgehead atoms. The molecule has 2 amide bonds. The summed E-state index contributed by atoms with van der Waals surface area (Å²) < 4.78 is 9.39. The second kappa shape index (κ2) is 13.8. The number of anilines is 1. The average Bonchev–Trinajstić information content (AvgIpc) is 3.18. The van der Waals surface area contributed by atoms with E-state index in [-0.39, 0.29) is 28.8 Å². The molecular weight excluding hydrogens is 560 g/mol. The van der Waals surface area contributed by atoms with Gasteiger partial charge in [-0.05, 0) is 69.0 Å². The molecule has 0 spiro atoms. The van der Waals surface area contributed by atoms with Crippen molar-refractivity contribution < 1.29 is 14.3 Å². The lowest BCUT2D eigenvalue weighted by Crippen LogP contribution is -2.31. The summed E-state index contributed by atoms with van der Waals surface area (Å²) in [6.07, 6.45) is 0. The van der Waals surface area contributed by atoms with Gasteiger partial charge < -0.3 is 15.0 Å². The van der Waals surface area contributed by atoms with E-state index < -0.39 is 5.25 Å². The van der Waals surface area contributed by atoms with Crippen LogP contribution < -0.4 is 15.6 Å². The molecule has 4 rings (SSSR count). The minimum Gasteiger partial charge on any atom is -0.488 e. The highest BCUT2D eigenvalue weighted by molar-refractivity contribution is 8.01. The van der Waals surface area contributed by atoms with Gasteiger partial charge in [-0.2, -0.15) is 0 Å². The minimum absolute atomic E-state index is 0.0814. The number of nitrogens with zero attached hydrogens (tertiary/aromatic N) is 3. The van der Waals surface area contributed by atoms with Gasteiger partial charge in [0.05, 0.1) is 22.4 Å². The predicted octanol–water partition coefficient (Wildman–Crippen LogP) is 5.71. The highest BCUT2D eigenvalue weighted by Gasteiger charge is 2.22. The highest BCUT2D eigenvalue weighted by Crippen LogP contribution is 2.27. The molecule has 0 fully saturated rings. The van der Waals surface area contributed by atoms with Gasteiger partial charge in [0.2, 0.25) is 11.8 Å². The Morgan fingerprint density at radius 2 is 1.63 bits per heavy atom. The van der Waals surface area contributed by atoms with Crippen molar-refractivity contribution in [2.45, 2.75) is 53.0 Å². The number of aromatic nitrogens is 2. The maximum absolute atomic E-state index is 13.1. The summed E-state index contributed by atoms with van der Waals surface area (Å²) in [5, 5.41) is 2.26. The van der Waals surface area contributed by atoms with E-state index in [2.05, 4.69) is 42.6 Å². The number of rotatable bonds is 11. The van der Waals surface area contributed by atoms with Crippen LogP contribution in [0.3, 0.4) is 0 Å². The Morgan fingerprint density at radius 1 is 0.953 bits per heavy atom. The Morgan fingerprint density at radius 3 is 2.28 bits per heavy atom. The molecule has 1 aromatic heterocycles. The van der Waals surface area contributed by atoms with Gasteiger partial charge in [0.15, 0.2) is 0 Å². The molecule has 9 heteroatoms. The molecular formula is C34H40N4O4S. The smallest absolute Gasteiger partial charge is 0.295 e. The molecule has 0 aliphatic carbocycles. The van der Waals surface area contributed by atoms with Crippen molar-refractivity contribution in [2.24, 2.45) is 7.05 Å². The number of hydrogen-bond donors (Lipinski definition) is 1. The van der Waals surface area contributed by atoms with Gasteiger partial charge in [0.1, 0.15) is 18.0 Å². The SMILES string of the molecule is Cc1cccc(COc2c(C)cc(CN(C)C(=O)CSC(C)C(=O)Nc3c(C)n(C)n(-c4ccccc4)c3=O)cc2C)c1. The lowest BCUT2D eigenvalue weighted by Gasteiger charge is -2.20. The van der Waals surface area contributed by atoms with Crippen LogP contribution in [-0.4, -0.2) is 44.1 Å². The van der Waals surface area contributed by atoms with E-state index in [0.717, 1.165) is 28.0 Å². The number of nitrogens with one attached hydrogen (secondary N) is 1. The number of carbonyl (C=O) groups is 2. The molecule has 43 heavy (non-hydrogen) atoms. The maximum atomic E-state index is 13.1. The van der Waals surface area contributed by atoms with Gasteiger partial charge in [0, 0.05) is 20.6 Å². The Hall–Kier alpha value is -4.24. The van der Waals surface area contributed by atoms with Crippen molar-refractivity contribution in [3.8, 4) is 11.4 Å². The number of benzene rings is 3. The van der Waals surface area contributed by atoms with Crippen LogP contribution >= 0.6 is 11.8 Å². The molecule has 1 heterocycles. The molecule has 1 unspecified atom stereocenters. The molecule has 1 atom stereocenters. The van der Waals surface area contributed by atoms with Crippen molar-refractivity contribution in [1.82, 2.24) is 14.3 Å². The van der Waals surface area contributed by atoms with Crippen LogP contribution in [-0.2, 0) is 29.8 Å². The van der Waals surface area contributed by atoms with E-state index in [1.54, 1.807) is 37.5 Å². The predicted molar refractivity (Wildman–Crippen MR) is 174 cm³/mol. The Labute approximate surface area is 257 Å². The van der Waals surface area contributed by atoms with E-state index in [4.69, 9.17) is 4.74 Å². The van der Waals surface area contributed by atoms with E-state index >= 15 is 0 Å². The topological polar surface area (TPSA) is 85.6 Å². The van der Waals surface area contributed by atoms with Crippen LogP contribution in [0.4, 0.5) is 5.69 Å². The molecule has 0 saturated carbocycles. The van der Waals surface area contributed by atoms with Crippen LogP contribution in [0.15, 0.2) is 71.5 Å². The van der Waals surface area contributed by atoms with Crippen molar-refractivity contribution in [1.29, 1.82) is 0 Å². The molecule has 0 aliphatic rings. The van der Waals surface area contributed by atoms with Gasteiger partial charge in [-0.25, -0.2) is 4.68 Å². The highest BCUT2D eigenvalue weighted by atomic mass is 32.2. The first-order chi connectivity index (χ1) is 20.5. The molecule has 226 valence electrons.